The summed E-state index contributed by atoms with van der Waals surface area (Å²) in [5.74, 6) is 0.114. The molecule has 2 aromatic rings. The lowest BCUT2D eigenvalue weighted by molar-refractivity contribution is -0.117. The van der Waals surface area contributed by atoms with Crippen molar-refractivity contribution < 1.29 is 9.59 Å². The van der Waals surface area contributed by atoms with E-state index in [1.807, 2.05) is 36.1 Å². The minimum atomic E-state index is -0.0273. The van der Waals surface area contributed by atoms with E-state index in [1.165, 1.54) is 0 Å². The van der Waals surface area contributed by atoms with Crippen LogP contribution < -0.4 is 4.90 Å². The van der Waals surface area contributed by atoms with Crippen molar-refractivity contribution in [1.82, 2.24) is 4.90 Å². The summed E-state index contributed by atoms with van der Waals surface area (Å²) in [6, 6.07) is 16.7. The number of amides is 2. The zero-order valence-electron chi connectivity index (χ0n) is 15.5. The van der Waals surface area contributed by atoms with Crippen LogP contribution in [0.4, 0.5) is 5.69 Å². The van der Waals surface area contributed by atoms with Crippen LogP contribution in [0.1, 0.15) is 47.7 Å². The van der Waals surface area contributed by atoms with E-state index in [4.69, 9.17) is 5.26 Å². The van der Waals surface area contributed by atoms with Crippen molar-refractivity contribution in [1.29, 1.82) is 5.26 Å². The van der Waals surface area contributed by atoms with Gasteiger partial charge in [-0.2, -0.15) is 5.26 Å². The topological polar surface area (TPSA) is 64.4 Å². The molecule has 5 heteroatoms. The van der Waals surface area contributed by atoms with E-state index in [1.54, 1.807) is 29.2 Å². The van der Waals surface area contributed by atoms with Crippen LogP contribution in [0.2, 0.25) is 0 Å². The fourth-order valence-corrected chi connectivity index (χ4v) is 3.32. The summed E-state index contributed by atoms with van der Waals surface area (Å²) < 4.78 is 0. The van der Waals surface area contributed by atoms with Crippen LogP contribution in [0.25, 0.3) is 0 Å². The molecule has 0 atom stereocenters. The van der Waals surface area contributed by atoms with Gasteiger partial charge >= 0.3 is 0 Å². The number of nitrogens with zero attached hydrogens (tertiary/aromatic N) is 3. The van der Waals surface area contributed by atoms with Crippen molar-refractivity contribution in [2.24, 2.45) is 0 Å². The first-order valence-electron chi connectivity index (χ1n) is 9.31. The Balaban J connectivity index is 1.73. The van der Waals surface area contributed by atoms with Gasteiger partial charge in [-0.05, 0) is 54.8 Å². The van der Waals surface area contributed by atoms with Crippen molar-refractivity contribution in [2.75, 3.05) is 18.0 Å². The molecule has 3 rings (SSSR count). The summed E-state index contributed by atoms with van der Waals surface area (Å²) in [7, 11) is 0. The second-order valence-electron chi connectivity index (χ2n) is 6.73. The molecular weight excluding hydrogens is 338 g/mol. The fourth-order valence-electron chi connectivity index (χ4n) is 3.32. The Labute approximate surface area is 159 Å². The van der Waals surface area contributed by atoms with Gasteiger partial charge in [-0.15, -0.1) is 0 Å². The van der Waals surface area contributed by atoms with Crippen LogP contribution in [0.5, 0.6) is 0 Å². The molecule has 0 aromatic heterocycles. The third-order valence-electron chi connectivity index (χ3n) is 4.74. The van der Waals surface area contributed by atoms with E-state index in [0.717, 1.165) is 30.6 Å². The average Bonchev–Trinajstić information content (AvgIpc) is 3.13. The second-order valence-corrected chi connectivity index (χ2v) is 6.73. The highest BCUT2D eigenvalue weighted by Crippen LogP contribution is 2.22. The Morgan fingerprint density at radius 3 is 2.41 bits per heavy atom. The molecule has 1 fully saturated rings. The van der Waals surface area contributed by atoms with Gasteiger partial charge in [-0.25, -0.2) is 0 Å². The van der Waals surface area contributed by atoms with Crippen molar-refractivity contribution >= 4 is 17.5 Å². The maximum Gasteiger partial charge on any atom is 0.254 e. The quantitative estimate of drug-likeness (QED) is 0.787. The maximum atomic E-state index is 13.0. The lowest BCUT2D eigenvalue weighted by Gasteiger charge is -2.23. The van der Waals surface area contributed by atoms with Crippen LogP contribution in [0, 0.1) is 11.3 Å². The normalized spacial score (nSPS) is 13.5. The van der Waals surface area contributed by atoms with Gasteiger partial charge in [0.25, 0.3) is 5.91 Å². The number of hydrogen-bond donors (Lipinski definition) is 0. The van der Waals surface area contributed by atoms with Gasteiger partial charge in [-0.3, -0.25) is 9.59 Å². The van der Waals surface area contributed by atoms with Gasteiger partial charge in [0.2, 0.25) is 5.91 Å². The molecule has 27 heavy (non-hydrogen) atoms. The Bertz CT molecular complexity index is 851. The molecule has 0 radical (unpaired) electrons. The summed E-state index contributed by atoms with van der Waals surface area (Å²) in [5, 5.41) is 8.91. The van der Waals surface area contributed by atoms with Crippen molar-refractivity contribution in [2.45, 2.75) is 32.7 Å². The third kappa shape index (κ3) is 4.35. The Morgan fingerprint density at radius 2 is 1.85 bits per heavy atom. The van der Waals surface area contributed by atoms with Crippen LogP contribution in [0.15, 0.2) is 48.5 Å². The average molecular weight is 361 g/mol. The number of carbonyl (C=O) groups excluding carboxylic acids is 2. The number of benzene rings is 2. The highest BCUT2D eigenvalue weighted by Gasteiger charge is 2.22. The zero-order chi connectivity index (χ0) is 19.2. The van der Waals surface area contributed by atoms with Gasteiger partial charge in [0.05, 0.1) is 11.6 Å². The van der Waals surface area contributed by atoms with E-state index in [-0.39, 0.29) is 11.8 Å². The molecule has 1 aliphatic rings. The summed E-state index contributed by atoms with van der Waals surface area (Å²) in [4.78, 5) is 28.4. The fraction of sp³-hybridized carbons (Fsp3) is 0.318. The van der Waals surface area contributed by atoms with Crippen LogP contribution >= 0.6 is 0 Å². The van der Waals surface area contributed by atoms with E-state index < -0.39 is 0 Å². The van der Waals surface area contributed by atoms with Gasteiger partial charge in [0.15, 0.2) is 0 Å². The van der Waals surface area contributed by atoms with Gasteiger partial charge in [0.1, 0.15) is 0 Å². The molecular formula is C22H23N3O2. The lowest BCUT2D eigenvalue weighted by Crippen LogP contribution is -2.31. The summed E-state index contributed by atoms with van der Waals surface area (Å²) in [5.41, 5.74) is 3.07. The standard InChI is InChI=1S/C22H23N3O2/c1-2-13-24(16-18-7-5-17(15-23)6-8-18)22(27)19-9-11-20(12-10-19)25-14-3-4-21(25)26/h5-12H,2-4,13-14,16H2,1H3. The predicted octanol–water partition coefficient (Wildman–Crippen LogP) is 3.74. The van der Waals surface area contributed by atoms with Crippen LogP contribution in [0.3, 0.4) is 0 Å². The highest BCUT2D eigenvalue weighted by molar-refractivity contribution is 5.97. The first-order valence-corrected chi connectivity index (χ1v) is 9.31. The van der Waals surface area contributed by atoms with E-state index in [0.29, 0.717) is 30.6 Å². The number of carbonyl (C=O) groups is 2. The molecule has 0 spiro atoms. The first kappa shape index (κ1) is 18.7. The highest BCUT2D eigenvalue weighted by atomic mass is 16.2. The third-order valence-corrected chi connectivity index (χ3v) is 4.74. The molecule has 1 heterocycles. The maximum absolute atomic E-state index is 13.0. The van der Waals surface area contributed by atoms with E-state index >= 15 is 0 Å². The molecule has 0 aliphatic carbocycles. The molecule has 0 bridgehead atoms. The number of nitriles is 1. The summed E-state index contributed by atoms with van der Waals surface area (Å²) >= 11 is 0. The molecule has 0 saturated carbocycles. The smallest absolute Gasteiger partial charge is 0.254 e. The second kappa shape index (κ2) is 8.50. The van der Waals surface area contributed by atoms with Gasteiger partial charge in [-0.1, -0.05) is 19.1 Å². The zero-order valence-corrected chi connectivity index (χ0v) is 15.5. The number of rotatable bonds is 6. The minimum Gasteiger partial charge on any atom is -0.334 e. The minimum absolute atomic E-state index is 0.0273. The molecule has 0 unspecified atom stereocenters. The largest absolute Gasteiger partial charge is 0.334 e. The van der Waals surface area contributed by atoms with E-state index in [2.05, 4.69) is 6.07 Å². The molecule has 1 aliphatic heterocycles. The van der Waals surface area contributed by atoms with Crippen molar-refractivity contribution in [3.63, 3.8) is 0 Å². The van der Waals surface area contributed by atoms with Crippen molar-refractivity contribution in [3.05, 3.63) is 65.2 Å². The number of anilines is 1. The summed E-state index contributed by atoms with van der Waals surface area (Å²) in [6.45, 7) is 3.95. The lowest BCUT2D eigenvalue weighted by atomic mass is 10.1. The predicted molar refractivity (Wildman–Crippen MR) is 104 cm³/mol. The Kier molecular flexibility index (Phi) is 5.87. The molecule has 0 N–H and O–H groups in total. The van der Waals surface area contributed by atoms with Crippen LogP contribution in [-0.2, 0) is 11.3 Å². The SMILES string of the molecule is CCCN(Cc1ccc(C#N)cc1)C(=O)c1ccc(N2CCCC2=O)cc1. The van der Waals surface area contributed by atoms with Crippen LogP contribution in [-0.4, -0.2) is 29.8 Å². The van der Waals surface area contributed by atoms with Gasteiger partial charge in [0, 0.05) is 37.3 Å². The molecule has 2 aromatic carbocycles. The Morgan fingerprint density at radius 1 is 1.15 bits per heavy atom. The van der Waals surface area contributed by atoms with E-state index in [9.17, 15) is 9.59 Å². The van der Waals surface area contributed by atoms with Gasteiger partial charge < -0.3 is 9.80 Å². The number of hydrogen-bond acceptors (Lipinski definition) is 3. The molecule has 5 nitrogen and oxygen atoms in total. The monoisotopic (exact) mass is 361 g/mol. The Hall–Kier alpha value is -3.13. The first-order chi connectivity index (χ1) is 13.1. The molecule has 2 amide bonds. The summed E-state index contributed by atoms with van der Waals surface area (Å²) in [6.07, 6.45) is 2.34. The van der Waals surface area contributed by atoms with Crippen molar-refractivity contribution in [3.8, 4) is 6.07 Å². The molecule has 1 saturated heterocycles. The molecule has 138 valence electrons.